The average Bonchev–Trinajstić information content (AvgIpc) is 2.99. The van der Waals surface area contributed by atoms with Crippen LogP contribution >= 0.6 is 0 Å². The number of aromatic hydroxyl groups is 2. The van der Waals surface area contributed by atoms with Gasteiger partial charge in [-0.3, -0.25) is 9.89 Å². The maximum Gasteiger partial charge on any atom is 0.328 e. The Bertz CT molecular complexity index is 913. The fraction of sp³-hybridized carbons (Fsp3) is 0.0667. The van der Waals surface area contributed by atoms with Crippen LogP contribution in [0.1, 0.15) is 13.0 Å². The van der Waals surface area contributed by atoms with E-state index in [1.54, 1.807) is 0 Å². The summed E-state index contributed by atoms with van der Waals surface area (Å²) in [5.41, 5.74) is 0.861. The molecule has 0 aliphatic heterocycles. The Morgan fingerprint density at radius 3 is 2.58 bits per heavy atom. The Morgan fingerprint density at radius 1 is 1.21 bits per heavy atom. The first-order valence-electron chi connectivity index (χ1n) is 6.27. The summed E-state index contributed by atoms with van der Waals surface area (Å²) in [5, 5.41) is 33.0. The third-order valence-corrected chi connectivity index (χ3v) is 2.67. The smallest absolute Gasteiger partial charge is 0.328 e. The summed E-state index contributed by atoms with van der Waals surface area (Å²) >= 11 is 0. The highest BCUT2D eigenvalue weighted by molar-refractivity contribution is 5.85. The van der Waals surface area contributed by atoms with Gasteiger partial charge in [0, 0.05) is 6.08 Å². The van der Waals surface area contributed by atoms with Gasteiger partial charge < -0.3 is 20.3 Å². The molecule has 0 radical (unpaired) electrons. The lowest BCUT2D eigenvalue weighted by molar-refractivity contribution is -0.131. The van der Waals surface area contributed by atoms with E-state index >= 15 is 0 Å². The van der Waals surface area contributed by atoms with Crippen molar-refractivity contribution in [3.63, 3.8) is 0 Å². The molecule has 0 atom stereocenters. The fourth-order valence-electron chi connectivity index (χ4n) is 1.59. The molecule has 2 aromatic heterocycles. The van der Waals surface area contributed by atoms with Gasteiger partial charge in [0.25, 0.3) is 5.56 Å². The minimum Gasteiger partial charge on any atom is -0.504 e. The van der Waals surface area contributed by atoms with Gasteiger partial charge in [-0.1, -0.05) is 13.5 Å². The standard InChI is InChI=1S/C9H8O4.C5H4N4O.CH4/c10-7-3-1-6(5-8(7)11)2-4-9(12)13;10-5-3-1-8-9-4(3)6-2-7-5;/h1-5,10-11H,(H,12,13);1-2H,(H2,6,7,8,9,10);1H4/b4-2+;;. The number of H-pyrrole nitrogens is 2. The molecule has 5 N–H and O–H groups in total. The van der Waals surface area contributed by atoms with E-state index in [0.717, 1.165) is 6.08 Å². The lowest BCUT2D eigenvalue weighted by Gasteiger charge is -1.97. The molecule has 0 fully saturated rings. The number of aliphatic carboxylic acids is 1. The zero-order valence-electron chi connectivity index (χ0n) is 11.6. The summed E-state index contributed by atoms with van der Waals surface area (Å²) in [5.74, 6) is -1.56. The normalized spacial score (nSPS) is 10.0. The Balaban J connectivity index is 0.000000236. The van der Waals surface area contributed by atoms with Crippen molar-refractivity contribution in [2.24, 2.45) is 0 Å². The van der Waals surface area contributed by atoms with Crippen molar-refractivity contribution in [3.8, 4) is 11.5 Å². The molecule has 0 saturated carbocycles. The molecule has 0 bridgehead atoms. The van der Waals surface area contributed by atoms with E-state index in [0.29, 0.717) is 16.6 Å². The minimum absolute atomic E-state index is 0. The van der Waals surface area contributed by atoms with E-state index in [-0.39, 0.29) is 24.5 Å². The van der Waals surface area contributed by atoms with Crippen LogP contribution in [0.4, 0.5) is 0 Å². The summed E-state index contributed by atoms with van der Waals surface area (Å²) < 4.78 is 0. The molecule has 0 unspecified atom stereocenters. The third-order valence-electron chi connectivity index (χ3n) is 2.67. The second-order valence-corrected chi connectivity index (χ2v) is 4.28. The lowest BCUT2D eigenvalue weighted by Crippen LogP contribution is -2.04. The van der Waals surface area contributed by atoms with Crippen LogP contribution < -0.4 is 5.56 Å². The van der Waals surface area contributed by atoms with Crippen molar-refractivity contribution in [1.82, 2.24) is 20.2 Å². The first kappa shape index (κ1) is 18.4. The number of nitrogens with zero attached hydrogens (tertiary/aromatic N) is 2. The SMILES string of the molecule is C.O=C(O)/C=C/c1ccc(O)c(O)c1.O=c1[nH]cnc2[nH]ncc12. The first-order valence-corrected chi connectivity index (χ1v) is 6.27. The molecule has 1 aromatic carbocycles. The number of carboxylic acid groups (broad SMARTS) is 1. The quantitative estimate of drug-likeness (QED) is 0.352. The molecule has 9 nitrogen and oxygen atoms in total. The van der Waals surface area contributed by atoms with Gasteiger partial charge in [0.15, 0.2) is 17.1 Å². The van der Waals surface area contributed by atoms with Crippen LogP contribution in [0.15, 0.2) is 41.6 Å². The summed E-state index contributed by atoms with van der Waals surface area (Å²) in [4.78, 5) is 27.3. The van der Waals surface area contributed by atoms with Crippen molar-refractivity contribution >= 4 is 23.1 Å². The molecule has 2 heterocycles. The number of carboxylic acids is 1. The number of carbonyl (C=O) groups is 1. The summed E-state index contributed by atoms with van der Waals surface area (Å²) in [6.07, 6.45) is 5.05. The van der Waals surface area contributed by atoms with Gasteiger partial charge in [-0.15, -0.1) is 0 Å². The highest BCUT2D eigenvalue weighted by Gasteiger charge is 1.98. The summed E-state index contributed by atoms with van der Waals surface area (Å²) in [6.45, 7) is 0. The first-order chi connectivity index (χ1) is 11.0. The number of fused-ring (bicyclic) bond motifs is 1. The number of hydrogen-bond acceptors (Lipinski definition) is 6. The van der Waals surface area contributed by atoms with Gasteiger partial charge in [-0.05, 0) is 23.8 Å². The largest absolute Gasteiger partial charge is 0.504 e. The molecule has 3 aromatic rings. The number of benzene rings is 1. The fourth-order valence-corrected chi connectivity index (χ4v) is 1.59. The Morgan fingerprint density at radius 2 is 1.96 bits per heavy atom. The molecular formula is C15H16N4O5. The number of aromatic nitrogens is 4. The Labute approximate surface area is 135 Å². The number of phenols is 2. The molecule has 0 aliphatic rings. The van der Waals surface area contributed by atoms with E-state index in [1.165, 1.54) is 36.8 Å². The molecule has 126 valence electrons. The van der Waals surface area contributed by atoms with Crippen LogP contribution in [-0.2, 0) is 4.79 Å². The summed E-state index contributed by atoms with van der Waals surface area (Å²) in [6, 6.07) is 4.06. The number of aromatic amines is 2. The van der Waals surface area contributed by atoms with Crippen LogP contribution in [-0.4, -0.2) is 41.5 Å². The topological polar surface area (TPSA) is 152 Å². The van der Waals surface area contributed by atoms with Gasteiger partial charge in [0.05, 0.1) is 12.5 Å². The number of rotatable bonds is 2. The van der Waals surface area contributed by atoms with E-state index in [9.17, 15) is 9.59 Å². The molecule has 9 heteroatoms. The van der Waals surface area contributed by atoms with Gasteiger partial charge in [-0.25, -0.2) is 9.78 Å². The second-order valence-electron chi connectivity index (χ2n) is 4.28. The van der Waals surface area contributed by atoms with Crippen LogP contribution in [0.5, 0.6) is 11.5 Å². The Hall–Kier alpha value is -3.62. The second kappa shape index (κ2) is 8.13. The highest BCUT2D eigenvalue weighted by atomic mass is 16.4. The van der Waals surface area contributed by atoms with Gasteiger partial charge in [-0.2, -0.15) is 5.10 Å². The van der Waals surface area contributed by atoms with E-state index < -0.39 is 5.97 Å². The molecule has 24 heavy (non-hydrogen) atoms. The highest BCUT2D eigenvalue weighted by Crippen LogP contribution is 2.25. The maximum absolute atomic E-state index is 10.9. The number of phenolic OH excluding ortho intramolecular Hbond substituents is 2. The van der Waals surface area contributed by atoms with Crippen LogP contribution in [0.3, 0.4) is 0 Å². The number of nitrogens with one attached hydrogen (secondary N) is 2. The van der Waals surface area contributed by atoms with E-state index in [1.807, 2.05) is 0 Å². The molecule has 0 amide bonds. The predicted molar refractivity (Wildman–Crippen MR) is 87.7 cm³/mol. The van der Waals surface area contributed by atoms with Crippen molar-refractivity contribution in [3.05, 3.63) is 52.7 Å². The minimum atomic E-state index is -1.06. The summed E-state index contributed by atoms with van der Waals surface area (Å²) in [7, 11) is 0. The average molecular weight is 332 g/mol. The van der Waals surface area contributed by atoms with Gasteiger partial charge in [0.2, 0.25) is 0 Å². The monoisotopic (exact) mass is 332 g/mol. The number of hydrogen-bond donors (Lipinski definition) is 5. The Kier molecular flexibility index (Phi) is 6.24. The van der Waals surface area contributed by atoms with Crippen molar-refractivity contribution < 1.29 is 20.1 Å². The third kappa shape index (κ3) is 4.70. The molecule has 3 rings (SSSR count). The van der Waals surface area contributed by atoms with Crippen molar-refractivity contribution in [2.75, 3.05) is 0 Å². The maximum atomic E-state index is 10.9. The van der Waals surface area contributed by atoms with Gasteiger partial charge in [0.1, 0.15) is 5.39 Å². The lowest BCUT2D eigenvalue weighted by atomic mass is 10.2. The van der Waals surface area contributed by atoms with Crippen molar-refractivity contribution in [1.29, 1.82) is 0 Å². The zero-order valence-corrected chi connectivity index (χ0v) is 11.6. The van der Waals surface area contributed by atoms with Crippen LogP contribution in [0, 0.1) is 0 Å². The zero-order chi connectivity index (χ0) is 16.8. The van der Waals surface area contributed by atoms with Crippen LogP contribution in [0.25, 0.3) is 17.1 Å². The van der Waals surface area contributed by atoms with Gasteiger partial charge >= 0.3 is 5.97 Å². The van der Waals surface area contributed by atoms with E-state index in [2.05, 4.69) is 20.2 Å². The van der Waals surface area contributed by atoms with Crippen molar-refractivity contribution in [2.45, 2.75) is 7.43 Å². The molecule has 0 aliphatic carbocycles. The molecular weight excluding hydrogens is 316 g/mol. The predicted octanol–water partition coefficient (Wildman–Crippen LogP) is 1.48. The van der Waals surface area contributed by atoms with Crippen LogP contribution in [0.2, 0.25) is 0 Å². The van der Waals surface area contributed by atoms with E-state index in [4.69, 9.17) is 15.3 Å². The molecule has 0 saturated heterocycles. The molecule has 0 spiro atoms.